The molecule has 60 heavy (non-hydrogen) atoms. The van der Waals surface area contributed by atoms with Crippen molar-refractivity contribution in [2.75, 3.05) is 84.9 Å². The number of para-hydroxylation sites is 1. The monoisotopic (exact) mass is 830 g/mol. The zero-order valence-corrected chi connectivity index (χ0v) is 34.7. The van der Waals surface area contributed by atoms with Crippen LogP contribution in [0.1, 0.15) is 42.4 Å². The van der Waals surface area contributed by atoms with E-state index in [1.807, 2.05) is 42.2 Å². The van der Waals surface area contributed by atoms with Gasteiger partial charge in [0.25, 0.3) is 11.8 Å². The number of anilines is 1. The SMILES string of the molecule is Cc1cc(C[C@@H](OC(=O)N2CCC(N3CCc4ccccc4NC3=O)CC2)C(=O)N2CCN(C3CCN(C(=O)C(=O)OCC(=O)N(C)C)CC3)CC2)cc2oc(=O)n(C)c12. The smallest absolute Gasteiger partial charge is 0.419 e. The van der Waals surface area contributed by atoms with Gasteiger partial charge in [-0.1, -0.05) is 24.3 Å². The number of amides is 6. The first-order valence-corrected chi connectivity index (χ1v) is 20.7. The predicted octanol–water partition coefficient (Wildman–Crippen LogP) is 1.81. The quantitative estimate of drug-likeness (QED) is 0.258. The molecule has 3 saturated heterocycles. The van der Waals surface area contributed by atoms with Crippen molar-refractivity contribution in [2.45, 2.75) is 63.6 Å². The fourth-order valence-electron chi connectivity index (χ4n) is 8.78. The zero-order chi connectivity index (χ0) is 42.7. The van der Waals surface area contributed by atoms with Gasteiger partial charge in [0.15, 0.2) is 18.3 Å². The van der Waals surface area contributed by atoms with E-state index in [2.05, 4.69) is 10.2 Å². The van der Waals surface area contributed by atoms with Gasteiger partial charge in [0.2, 0.25) is 0 Å². The predicted molar refractivity (Wildman–Crippen MR) is 218 cm³/mol. The highest BCUT2D eigenvalue weighted by atomic mass is 16.6. The number of nitrogens with one attached hydrogen (secondary N) is 1. The minimum Gasteiger partial charge on any atom is -0.448 e. The van der Waals surface area contributed by atoms with Gasteiger partial charge in [-0.3, -0.25) is 23.9 Å². The highest BCUT2D eigenvalue weighted by Crippen LogP contribution is 2.27. The molecule has 6 amide bonds. The van der Waals surface area contributed by atoms with E-state index in [0.29, 0.717) is 101 Å². The Bertz CT molecular complexity index is 2180. The summed E-state index contributed by atoms with van der Waals surface area (Å²) < 4.78 is 17.9. The Hall–Kier alpha value is -5.91. The van der Waals surface area contributed by atoms with Gasteiger partial charge in [-0.25, -0.2) is 19.2 Å². The first-order valence-electron chi connectivity index (χ1n) is 20.7. The van der Waals surface area contributed by atoms with Gasteiger partial charge in [0.05, 0.1) is 5.52 Å². The van der Waals surface area contributed by atoms with Crippen LogP contribution < -0.4 is 11.1 Å². The van der Waals surface area contributed by atoms with Crippen LogP contribution in [-0.2, 0) is 48.5 Å². The number of carbonyl (C=O) groups excluding carboxylic acids is 6. The lowest BCUT2D eigenvalue weighted by Gasteiger charge is -2.43. The fraction of sp³-hybridized carbons (Fsp3) is 0.548. The normalized spacial score (nSPS) is 18.7. The van der Waals surface area contributed by atoms with Crippen LogP contribution in [0.2, 0.25) is 0 Å². The maximum atomic E-state index is 14.3. The van der Waals surface area contributed by atoms with Crippen molar-refractivity contribution in [3.8, 4) is 0 Å². The van der Waals surface area contributed by atoms with Crippen molar-refractivity contribution >= 4 is 52.6 Å². The van der Waals surface area contributed by atoms with E-state index in [1.165, 1.54) is 28.5 Å². The second-order valence-corrected chi connectivity index (χ2v) is 16.3. The lowest BCUT2D eigenvalue weighted by Crippen LogP contribution is -2.57. The molecule has 1 atom stereocenters. The molecule has 7 rings (SSSR count). The van der Waals surface area contributed by atoms with Crippen molar-refractivity contribution in [1.82, 2.24) is 34.0 Å². The Labute approximate surface area is 347 Å². The van der Waals surface area contributed by atoms with E-state index < -0.39 is 42.3 Å². The number of hydrogen-bond donors (Lipinski definition) is 1. The first-order chi connectivity index (χ1) is 28.8. The summed E-state index contributed by atoms with van der Waals surface area (Å²) in [6.07, 6.45) is 1.45. The van der Waals surface area contributed by atoms with E-state index in [0.717, 1.165) is 23.2 Å². The molecule has 322 valence electrons. The summed E-state index contributed by atoms with van der Waals surface area (Å²) in [6.45, 7) is 5.33. The summed E-state index contributed by atoms with van der Waals surface area (Å²) in [7, 11) is 4.70. The molecule has 0 aliphatic carbocycles. The first kappa shape index (κ1) is 42.2. The van der Waals surface area contributed by atoms with Crippen molar-refractivity contribution in [3.05, 3.63) is 63.6 Å². The molecule has 1 N–H and O–H groups in total. The molecule has 0 radical (unpaired) electrons. The minimum absolute atomic E-state index is 0.0541. The number of ether oxygens (including phenoxy) is 2. The number of aryl methyl sites for hydroxylation is 2. The Balaban J connectivity index is 0.961. The topological polar surface area (TPSA) is 187 Å². The molecule has 0 saturated carbocycles. The number of rotatable bonds is 8. The van der Waals surface area contributed by atoms with Gasteiger partial charge in [-0.2, -0.15) is 0 Å². The molecule has 5 heterocycles. The van der Waals surface area contributed by atoms with Crippen LogP contribution in [0.5, 0.6) is 0 Å². The van der Waals surface area contributed by atoms with Crippen LogP contribution in [0, 0.1) is 6.92 Å². The second-order valence-electron chi connectivity index (χ2n) is 16.3. The molecule has 0 spiro atoms. The number of urea groups is 1. The van der Waals surface area contributed by atoms with Gasteiger partial charge in [0, 0.05) is 104 Å². The summed E-state index contributed by atoms with van der Waals surface area (Å²) in [5.41, 5.74) is 4.40. The number of nitrogens with zero attached hydrogens (tertiary/aromatic N) is 7. The van der Waals surface area contributed by atoms with E-state index in [9.17, 15) is 33.6 Å². The summed E-state index contributed by atoms with van der Waals surface area (Å²) in [5.74, 6) is -3.05. The van der Waals surface area contributed by atoms with Crippen LogP contribution >= 0.6 is 0 Å². The van der Waals surface area contributed by atoms with Gasteiger partial charge >= 0.3 is 29.8 Å². The maximum Gasteiger partial charge on any atom is 0.419 e. The van der Waals surface area contributed by atoms with Crippen LogP contribution in [-0.4, -0.2) is 168 Å². The Morgan fingerprint density at radius 3 is 2.22 bits per heavy atom. The molecular weight excluding hydrogens is 777 g/mol. The molecule has 0 unspecified atom stereocenters. The highest BCUT2D eigenvalue weighted by molar-refractivity contribution is 6.32. The molecular formula is C42H54N8O10. The summed E-state index contributed by atoms with van der Waals surface area (Å²) in [6, 6.07) is 11.3. The number of aromatic nitrogens is 1. The van der Waals surface area contributed by atoms with Crippen molar-refractivity contribution in [3.63, 3.8) is 0 Å². The Morgan fingerprint density at radius 1 is 0.850 bits per heavy atom. The molecule has 4 aliphatic rings. The largest absolute Gasteiger partial charge is 0.448 e. The summed E-state index contributed by atoms with van der Waals surface area (Å²) >= 11 is 0. The van der Waals surface area contributed by atoms with Crippen LogP contribution in [0.15, 0.2) is 45.6 Å². The lowest BCUT2D eigenvalue weighted by molar-refractivity contribution is -0.163. The van der Waals surface area contributed by atoms with Gasteiger partial charge in [0.1, 0.15) is 0 Å². The molecule has 1 aromatic heterocycles. The minimum atomic E-state index is -1.15. The van der Waals surface area contributed by atoms with E-state index >= 15 is 0 Å². The molecule has 2 aromatic carbocycles. The molecule has 3 aromatic rings. The summed E-state index contributed by atoms with van der Waals surface area (Å²) in [5, 5.41) is 3.03. The molecule has 18 nitrogen and oxygen atoms in total. The molecule has 18 heteroatoms. The lowest BCUT2D eigenvalue weighted by atomic mass is 10.0. The third-order valence-corrected chi connectivity index (χ3v) is 12.3. The second kappa shape index (κ2) is 18.1. The van der Waals surface area contributed by atoms with Crippen molar-refractivity contribution in [2.24, 2.45) is 7.05 Å². The standard InChI is InChI=1S/C42H54N8O10/c1-27-23-28(24-33-36(27)45(4)41(56)59-33)25-34(60-42(57)49-16-12-31(13-17-49)50-18-9-29-7-5-6-8-32(29)43-40(50)55)37(52)48-21-19-46(20-22-48)30-10-14-47(15-11-30)38(53)39(54)58-26-35(51)44(2)3/h5-8,23-24,30-31,34H,9-22,25-26H2,1-4H3,(H,43,55)/t34-/m1/s1. The number of carbonyl (C=O) groups is 6. The van der Waals surface area contributed by atoms with Crippen LogP contribution in [0.4, 0.5) is 15.3 Å². The Kier molecular flexibility index (Phi) is 12.8. The number of likely N-dealkylation sites (tertiary alicyclic amines) is 2. The molecule has 0 bridgehead atoms. The Morgan fingerprint density at radius 2 is 1.52 bits per heavy atom. The number of esters is 1. The highest BCUT2D eigenvalue weighted by Gasteiger charge is 2.37. The van der Waals surface area contributed by atoms with Gasteiger partial charge in [-0.15, -0.1) is 0 Å². The zero-order valence-electron chi connectivity index (χ0n) is 34.7. The number of fused-ring (bicyclic) bond motifs is 2. The average molecular weight is 831 g/mol. The number of likely N-dealkylation sites (N-methyl/N-ethyl adjacent to an activating group) is 1. The number of hydrogen-bond acceptors (Lipinski definition) is 11. The average Bonchev–Trinajstić information content (AvgIpc) is 3.43. The maximum absolute atomic E-state index is 14.3. The molecule has 3 fully saturated rings. The van der Waals surface area contributed by atoms with Crippen molar-refractivity contribution < 1.29 is 42.7 Å². The number of benzene rings is 2. The van der Waals surface area contributed by atoms with E-state index in [-0.39, 0.29) is 30.4 Å². The third kappa shape index (κ3) is 9.27. The van der Waals surface area contributed by atoms with Gasteiger partial charge in [-0.05, 0) is 67.9 Å². The van der Waals surface area contributed by atoms with Gasteiger partial charge < -0.3 is 43.7 Å². The number of piperidine rings is 2. The number of piperazine rings is 1. The fourth-order valence-corrected chi connectivity index (χ4v) is 8.78. The third-order valence-electron chi connectivity index (χ3n) is 12.3. The van der Waals surface area contributed by atoms with Crippen LogP contribution in [0.25, 0.3) is 11.1 Å². The van der Waals surface area contributed by atoms with Crippen molar-refractivity contribution in [1.29, 1.82) is 0 Å². The van der Waals surface area contributed by atoms with E-state index in [1.54, 1.807) is 22.9 Å². The summed E-state index contributed by atoms with van der Waals surface area (Å²) in [4.78, 5) is 101. The molecule has 4 aliphatic heterocycles. The van der Waals surface area contributed by atoms with E-state index in [4.69, 9.17) is 13.9 Å². The van der Waals surface area contributed by atoms with Crippen LogP contribution in [0.3, 0.4) is 0 Å². The number of oxazole rings is 1.